The van der Waals surface area contributed by atoms with Gasteiger partial charge in [0.1, 0.15) is 5.78 Å². The van der Waals surface area contributed by atoms with E-state index in [4.69, 9.17) is 23.2 Å². The van der Waals surface area contributed by atoms with Crippen molar-refractivity contribution >= 4 is 29.0 Å². The fourth-order valence-corrected chi connectivity index (χ4v) is 2.21. The normalized spacial score (nSPS) is 33.5. The van der Waals surface area contributed by atoms with Gasteiger partial charge >= 0.3 is 0 Å². The molecule has 2 aliphatic rings. The van der Waals surface area contributed by atoms with Gasteiger partial charge in [-0.2, -0.15) is 0 Å². The van der Waals surface area contributed by atoms with E-state index in [9.17, 15) is 9.90 Å². The molecule has 0 heterocycles. The number of ketones is 1. The molecule has 1 fully saturated rings. The molecule has 13 heavy (non-hydrogen) atoms. The molecule has 1 saturated carbocycles. The van der Waals surface area contributed by atoms with E-state index in [1.807, 2.05) is 0 Å². The summed E-state index contributed by atoms with van der Waals surface area (Å²) in [7, 11) is 0. The zero-order valence-corrected chi connectivity index (χ0v) is 8.27. The average molecular weight is 219 g/mol. The highest BCUT2D eigenvalue weighted by Gasteiger charge is 2.38. The van der Waals surface area contributed by atoms with Crippen molar-refractivity contribution in [1.29, 1.82) is 0 Å². The van der Waals surface area contributed by atoms with Gasteiger partial charge in [0.25, 0.3) is 0 Å². The van der Waals surface area contributed by atoms with E-state index >= 15 is 0 Å². The first-order chi connectivity index (χ1) is 6.09. The van der Waals surface area contributed by atoms with Crippen LogP contribution in [-0.2, 0) is 4.79 Å². The number of aliphatic hydroxyl groups is 1. The zero-order chi connectivity index (χ0) is 9.59. The van der Waals surface area contributed by atoms with Crippen LogP contribution in [0.3, 0.4) is 0 Å². The molecular formula is C9H8Cl2O2. The van der Waals surface area contributed by atoms with Crippen LogP contribution >= 0.6 is 23.2 Å². The van der Waals surface area contributed by atoms with Gasteiger partial charge in [0.2, 0.25) is 0 Å². The van der Waals surface area contributed by atoms with Crippen LogP contribution in [0, 0.1) is 5.92 Å². The number of carbonyl (C=O) groups is 1. The summed E-state index contributed by atoms with van der Waals surface area (Å²) < 4.78 is 0. The topological polar surface area (TPSA) is 37.3 Å². The Morgan fingerprint density at radius 2 is 2.08 bits per heavy atom. The molecule has 70 valence electrons. The lowest BCUT2D eigenvalue weighted by atomic mass is 9.93. The molecular weight excluding hydrogens is 211 g/mol. The molecule has 0 amide bonds. The summed E-state index contributed by atoms with van der Waals surface area (Å²) in [6, 6.07) is 0. The predicted molar refractivity (Wildman–Crippen MR) is 50.6 cm³/mol. The van der Waals surface area contributed by atoms with Crippen molar-refractivity contribution < 1.29 is 9.90 Å². The van der Waals surface area contributed by atoms with Gasteiger partial charge in [-0.1, -0.05) is 23.2 Å². The standard InChI is InChI=1S/C9H8Cl2O2/c10-6-1-4-5(2-7(6)11)9(13)3-8(4)12/h1,5,8,12H,2-3H2. The monoisotopic (exact) mass is 218 g/mol. The molecule has 0 aromatic carbocycles. The van der Waals surface area contributed by atoms with Gasteiger partial charge < -0.3 is 5.11 Å². The third kappa shape index (κ3) is 1.43. The van der Waals surface area contributed by atoms with Gasteiger partial charge in [0, 0.05) is 17.4 Å². The second-order valence-electron chi connectivity index (χ2n) is 3.34. The summed E-state index contributed by atoms with van der Waals surface area (Å²) in [6.45, 7) is 0. The largest absolute Gasteiger partial charge is 0.388 e. The molecule has 2 unspecified atom stereocenters. The molecule has 1 N–H and O–H groups in total. The number of fused-ring (bicyclic) bond motifs is 1. The van der Waals surface area contributed by atoms with Gasteiger partial charge in [-0.15, -0.1) is 0 Å². The van der Waals surface area contributed by atoms with Crippen LogP contribution in [0.25, 0.3) is 0 Å². The second kappa shape index (κ2) is 3.12. The highest BCUT2D eigenvalue weighted by molar-refractivity contribution is 6.40. The Bertz CT molecular complexity index is 331. The fraction of sp³-hybridized carbons (Fsp3) is 0.444. The minimum atomic E-state index is -0.656. The number of carbonyl (C=O) groups excluding carboxylic acids is 1. The summed E-state index contributed by atoms with van der Waals surface area (Å²) in [6.07, 6.45) is 1.61. The number of hydrogen-bond donors (Lipinski definition) is 1. The molecule has 0 spiro atoms. The number of hydrogen-bond acceptors (Lipinski definition) is 2. The summed E-state index contributed by atoms with van der Waals surface area (Å²) in [4.78, 5) is 11.3. The molecule has 2 aliphatic carbocycles. The van der Waals surface area contributed by atoms with Crippen LogP contribution in [0.4, 0.5) is 0 Å². The minimum absolute atomic E-state index is 0.0565. The van der Waals surface area contributed by atoms with Gasteiger partial charge in [-0.25, -0.2) is 0 Å². The van der Waals surface area contributed by atoms with Crippen LogP contribution in [0.15, 0.2) is 21.7 Å². The average Bonchev–Trinajstić information content (AvgIpc) is 2.31. The Kier molecular flexibility index (Phi) is 2.22. The molecule has 0 aromatic heterocycles. The minimum Gasteiger partial charge on any atom is -0.388 e. The molecule has 2 nitrogen and oxygen atoms in total. The van der Waals surface area contributed by atoms with Crippen LogP contribution < -0.4 is 0 Å². The first-order valence-electron chi connectivity index (χ1n) is 4.06. The highest BCUT2D eigenvalue weighted by atomic mass is 35.5. The second-order valence-corrected chi connectivity index (χ2v) is 4.20. The Hall–Kier alpha value is -0.310. The van der Waals surface area contributed by atoms with Crippen molar-refractivity contribution in [2.75, 3.05) is 0 Å². The molecule has 2 atom stereocenters. The molecule has 0 radical (unpaired) electrons. The number of aliphatic hydroxyl groups excluding tert-OH is 1. The van der Waals surface area contributed by atoms with Crippen molar-refractivity contribution in [2.24, 2.45) is 5.92 Å². The highest BCUT2D eigenvalue weighted by Crippen LogP contribution is 2.40. The third-order valence-corrected chi connectivity index (χ3v) is 3.30. The summed E-state index contributed by atoms with van der Waals surface area (Å²) in [5.41, 5.74) is 0.722. The van der Waals surface area contributed by atoms with Gasteiger partial charge in [0.15, 0.2) is 0 Å². The number of rotatable bonds is 0. The molecule has 2 rings (SSSR count). The Morgan fingerprint density at radius 3 is 2.77 bits per heavy atom. The van der Waals surface area contributed by atoms with E-state index in [2.05, 4.69) is 0 Å². The maximum Gasteiger partial charge on any atom is 0.143 e. The Labute approximate surface area is 85.8 Å². The molecule has 0 aliphatic heterocycles. The fourth-order valence-electron chi connectivity index (χ4n) is 1.80. The first-order valence-corrected chi connectivity index (χ1v) is 4.81. The number of Topliss-reactive ketones (excluding diaryl/α,β-unsaturated/α-hetero) is 1. The third-order valence-electron chi connectivity index (χ3n) is 2.51. The summed E-state index contributed by atoms with van der Waals surface area (Å²) in [5.74, 6) is -0.175. The van der Waals surface area contributed by atoms with Gasteiger partial charge in [0.05, 0.1) is 11.1 Å². The zero-order valence-electron chi connectivity index (χ0n) is 6.76. The number of halogens is 2. The van der Waals surface area contributed by atoms with Gasteiger partial charge in [-0.05, 0) is 18.1 Å². The molecule has 0 saturated heterocycles. The van der Waals surface area contributed by atoms with Crippen molar-refractivity contribution in [2.45, 2.75) is 18.9 Å². The van der Waals surface area contributed by atoms with Crippen LogP contribution in [0.5, 0.6) is 0 Å². The Balaban J connectivity index is 2.39. The van der Waals surface area contributed by atoms with E-state index in [-0.39, 0.29) is 18.1 Å². The maximum atomic E-state index is 11.3. The molecule has 4 heteroatoms. The maximum absolute atomic E-state index is 11.3. The van der Waals surface area contributed by atoms with Gasteiger partial charge in [-0.3, -0.25) is 4.79 Å². The van der Waals surface area contributed by atoms with E-state index < -0.39 is 6.10 Å². The predicted octanol–water partition coefficient (Wildman–Crippen LogP) is 1.96. The van der Waals surface area contributed by atoms with Crippen molar-refractivity contribution in [3.05, 3.63) is 21.7 Å². The van der Waals surface area contributed by atoms with E-state index in [0.29, 0.717) is 16.5 Å². The number of allylic oxidation sites excluding steroid dienone is 3. The molecule has 0 aromatic rings. The lowest BCUT2D eigenvalue weighted by molar-refractivity contribution is -0.120. The van der Waals surface area contributed by atoms with E-state index in [0.717, 1.165) is 5.57 Å². The summed E-state index contributed by atoms with van der Waals surface area (Å²) in [5, 5.41) is 10.4. The lowest BCUT2D eigenvalue weighted by Crippen LogP contribution is -2.13. The van der Waals surface area contributed by atoms with E-state index in [1.165, 1.54) is 0 Å². The Morgan fingerprint density at radius 1 is 1.38 bits per heavy atom. The summed E-state index contributed by atoms with van der Waals surface area (Å²) >= 11 is 11.6. The van der Waals surface area contributed by atoms with Crippen molar-refractivity contribution in [3.8, 4) is 0 Å². The van der Waals surface area contributed by atoms with Crippen LogP contribution in [0.2, 0.25) is 0 Å². The smallest absolute Gasteiger partial charge is 0.143 e. The van der Waals surface area contributed by atoms with Crippen molar-refractivity contribution in [3.63, 3.8) is 0 Å². The van der Waals surface area contributed by atoms with Crippen LogP contribution in [-0.4, -0.2) is 17.0 Å². The SMILES string of the molecule is O=C1CC(O)C2=CC(Cl)=C(Cl)CC12. The van der Waals surface area contributed by atoms with Crippen LogP contribution in [0.1, 0.15) is 12.8 Å². The van der Waals surface area contributed by atoms with E-state index in [1.54, 1.807) is 6.08 Å². The quantitative estimate of drug-likeness (QED) is 0.676. The molecule has 0 bridgehead atoms. The van der Waals surface area contributed by atoms with Crippen molar-refractivity contribution in [1.82, 2.24) is 0 Å². The first kappa shape index (κ1) is 9.25. The lowest BCUT2D eigenvalue weighted by Gasteiger charge is -2.17.